The number of benzene rings is 2. The van der Waals surface area contributed by atoms with Crippen LogP contribution in [0.4, 0.5) is 0 Å². The average molecular weight is 383 g/mol. The molecule has 1 unspecified atom stereocenters. The fourth-order valence-corrected chi connectivity index (χ4v) is 4.31. The Bertz CT molecular complexity index is 966. The van der Waals surface area contributed by atoms with Gasteiger partial charge in [0.15, 0.2) is 28.8 Å². The van der Waals surface area contributed by atoms with E-state index >= 15 is 0 Å². The van der Waals surface area contributed by atoms with Crippen molar-refractivity contribution in [1.82, 2.24) is 4.90 Å². The van der Waals surface area contributed by atoms with Gasteiger partial charge in [-0.1, -0.05) is 0 Å². The van der Waals surface area contributed by atoms with E-state index in [1.165, 1.54) is 13.2 Å². The molecule has 0 fully saturated rings. The highest BCUT2D eigenvalue weighted by atomic mass is 16.5. The van der Waals surface area contributed by atoms with Gasteiger partial charge in [0.1, 0.15) is 0 Å². The third kappa shape index (κ3) is 2.63. The maximum atomic E-state index is 13.4. The molecule has 1 atom stereocenters. The van der Waals surface area contributed by atoms with Crippen LogP contribution in [0.2, 0.25) is 0 Å². The first-order valence-electron chi connectivity index (χ1n) is 9.43. The van der Waals surface area contributed by atoms with Crippen molar-refractivity contribution in [2.24, 2.45) is 0 Å². The smallest absolute Gasteiger partial charge is 0.185 e. The molecule has 0 bridgehead atoms. The van der Waals surface area contributed by atoms with E-state index in [9.17, 15) is 9.90 Å². The van der Waals surface area contributed by atoms with Crippen LogP contribution in [0, 0.1) is 0 Å². The molecule has 0 spiro atoms. The monoisotopic (exact) mass is 383 g/mol. The number of fused-ring (bicyclic) bond motifs is 2. The number of Topliss-reactive ketones (excluding diaryl/α,β-unsaturated/α-hetero) is 1. The van der Waals surface area contributed by atoms with Gasteiger partial charge < -0.3 is 19.3 Å². The van der Waals surface area contributed by atoms with Crippen molar-refractivity contribution in [3.05, 3.63) is 34.9 Å². The molecule has 0 radical (unpaired) electrons. The number of hydrogen-bond acceptors (Lipinski definition) is 6. The Kier molecular flexibility index (Phi) is 4.46. The number of phenols is 1. The van der Waals surface area contributed by atoms with Crippen LogP contribution >= 0.6 is 0 Å². The van der Waals surface area contributed by atoms with E-state index in [2.05, 4.69) is 4.90 Å². The van der Waals surface area contributed by atoms with Gasteiger partial charge in [0.25, 0.3) is 0 Å². The van der Waals surface area contributed by atoms with Gasteiger partial charge in [-0.15, -0.1) is 0 Å². The third-order valence-electron chi connectivity index (χ3n) is 5.49. The zero-order valence-corrected chi connectivity index (χ0v) is 16.8. The molecule has 0 aromatic heterocycles. The fourth-order valence-electron chi connectivity index (χ4n) is 4.31. The summed E-state index contributed by atoms with van der Waals surface area (Å²) in [5.74, 6) is 1.52. The van der Waals surface area contributed by atoms with Crippen molar-refractivity contribution in [2.75, 3.05) is 27.8 Å². The SMILES string of the molecule is COc1cc2c(cc1O)C(=O)C1c3c(cc(OC(C)C)c(OC)c3-2)CCN1C. The number of methoxy groups -OCH3 is 2. The molecular weight excluding hydrogens is 358 g/mol. The Hall–Kier alpha value is -2.73. The van der Waals surface area contributed by atoms with Crippen LogP contribution in [0.15, 0.2) is 18.2 Å². The molecule has 0 amide bonds. The Morgan fingerprint density at radius 1 is 1.11 bits per heavy atom. The average Bonchev–Trinajstić information content (AvgIpc) is 2.65. The molecule has 1 aliphatic heterocycles. The molecule has 1 heterocycles. The van der Waals surface area contributed by atoms with Crippen LogP contribution in [0.5, 0.6) is 23.0 Å². The van der Waals surface area contributed by atoms with Gasteiger partial charge in [-0.05, 0) is 56.6 Å². The van der Waals surface area contributed by atoms with Crippen LogP contribution in [0.25, 0.3) is 11.1 Å². The zero-order chi connectivity index (χ0) is 20.2. The summed E-state index contributed by atoms with van der Waals surface area (Å²) in [6.45, 7) is 4.72. The first-order valence-corrected chi connectivity index (χ1v) is 9.43. The summed E-state index contributed by atoms with van der Waals surface area (Å²) in [6.07, 6.45) is 0.811. The van der Waals surface area contributed by atoms with Crippen LogP contribution in [-0.4, -0.2) is 49.7 Å². The van der Waals surface area contributed by atoms with E-state index < -0.39 is 6.04 Å². The lowest BCUT2D eigenvalue weighted by molar-refractivity contribution is 0.0834. The second-order valence-corrected chi connectivity index (χ2v) is 7.59. The summed E-state index contributed by atoms with van der Waals surface area (Å²) < 4.78 is 17.1. The van der Waals surface area contributed by atoms with Gasteiger partial charge in [0.05, 0.1) is 26.4 Å². The van der Waals surface area contributed by atoms with Crippen LogP contribution in [-0.2, 0) is 6.42 Å². The standard InChI is InChI=1S/C22H25NO5/c1-11(2)28-17-8-12-6-7-23(3)20-18(12)19(22(17)27-5)13-10-16(26-4)15(24)9-14(13)21(20)25/h8-11,20,24H,6-7H2,1-5H3. The fraction of sp³-hybridized carbons (Fsp3) is 0.409. The number of likely N-dealkylation sites (N-methyl/N-ethyl adjacent to an activating group) is 1. The lowest BCUT2D eigenvalue weighted by atomic mass is 9.75. The minimum atomic E-state index is -0.402. The molecule has 2 aromatic carbocycles. The molecule has 1 N–H and O–H groups in total. The van der Waals surface area contributed by atoms with Crippen molar-refractivity contribution in [3.63, 3.8) is 0 Å². The lowest BCUT2D eigenvalue weighted by Gasteiger charge is -2.39. The first-order chi connectivity index (χ1) is 13.4. The van der Waals surface area contributed by atoms with Gasteiger partial charge in [-0.3, -0.25) is 9.69 Å². The first kappa shape index (κ1) is 18.6. The summed E-state index contributed by atoms with van der Waals surface area (Å²) in [4.78, 5) is 15.4. The summed E-state index contributed by atoms with van der Waals surface area (Å²) in [6, 6.07) is 4.82. The number of carbonyl (C=O) groups excluding carboxylic acids is 1. The highest BCUT2D eigenvalue weighted by molar-refractivity contribution is 6.12. The van der Waals surface area contributed by atoms with E-state index in [-0.39, 0.29) is 17.6 Å². The maximum Gasteiger partial charge on any atom is 0.185 e. The molecule has 148 valence electrons. The zero-order valence-electron chi connectivity index (χ0n) is 16.8. The highest BCUT2D eigenvalue weighted by Gasteiger charge is 2.42. The summed E-state index contributed by atoms with van der Waals surface area (Å²) in [7, 11) is 5.06. The van der Waals surface area contributed by atoms with Crippen molar-refractivity contribution >= 4 is 5.78 Å². The van der Waals surface area contributed by atoms with Crippen LogP contribution < -0.4 is 14.2 Å². The van der Waals surface area contributed by atoms with Crippen molar-refractivity contribution in [2.45, 2.75) is 32.4 Å². The molecule has 28 heavy (non-hydrogen) atoms. The Balaban J connectivity index is 2.10. The normalized spacial score (nSPS) is 17.9. The number of phenolic OH excluding ortho intramolecular Hbond substituents is 1. The number of carbonyl (C=O) groups is 1. The largest absolute Gasteiger partial charge is 0.504 e. The minimum Gasteiger partial charge on any atom is -0.504 e. The van der Waals surface area contributed by atoms with Crippen molar-refractivity contribution < 1.29 is 24.1 Å². The minimum absolute atomic E-state index is 0.0137. The molecule has 2 aromatic rings. The Morgan fingerprint density at radius 2 is 1.86 bits per heavy atom. The van der Waals surface area contributed by atoms with E-state index in [4.69, 9.17) is 14.2 Å². The number of ketones is 1. The van der Waals surface area contributed by atoms with Gasteiger partial charge in [-0.2, -0.15) is 0 Å². The molecule has 1 aliphatic carbocycles. The predicted octanol–water partition coefficient (Wildman–Crippen LogP) is 3.59. The molecular formula is C22H25NO5. The lowest BCUT2D eigenvalue weighted by Crippen LogP contribution is -2.39. The summed E-state index contributed by atoms with van der Waals surface area (Å²) >= 11 is 0. The molecule has 4 rings (SSSR count). The Morgan fingerprint density at radius 3 is 2.50 bits per heavy atom. The maximum absolute atomic E-state index is 13.4. The third-order valence-corrected chi connectivity index (χ3v) is 5.49. The second-order valence-electron chi connectivity index (χ2n) is 7.59. The summed E-state index contributed by atoms with van der Waals surface area (Å²) in [5, 5.41) is 10.3. The number of rotatable bonds is 4. The predicted molar refractivity (Wildman–Crippen MR) is 106 cm³/mol. The quantitative estimate of drug-likeness (QED) is 0.870. The molecule has 2 aliphatic rings. The Labute approximate surface area is 164 Å². The number of nitrogens with zero attached hydrogens (tertiary/aromatic N) is 1. The van der Waals surface area contributed by atoms with E-state index in [1.54, 1.807) is 13.2 Å². The van der Waals surface area contributed by atoms with Crippen molar-refractivity contribution in [1.29, 1.82) is 0 Å². The molecule has 0 saturated heterocycles. The molecule has 6 heteroatoms. The van der Waals surface area contributed by atoms with Crippen LogP contribution in [0.3, 0.4) is 0 Å². The van der Waals surface area contributed by atoms with Gasteiger partial charge in [-0.25, -0.2) is 0 Å². The van der Waals surface area contributed by atoms with Crippen LogP contribution in [0.1, 0.15) is 41.4 Å². The van der Waals surface area contributed by atoms with E-state index in [0.29, 0.717) is 28.4 Å². The van der Waals surface area contributed by atoms with E-state index in [1.807, 2.05) is 27.0 Å². The van der Waals surface area contributed by atoms with E-state index in [0.717, 1.165) is 29.7 Å². The highest BCUT2D eigenvalue weighted by Crippen LogP contribution is 2.53. The molecule has 0 saturated carbocycles. The topological polar surface area (TPSA) is 68.2 Å². The van der Waals surface area contributed by atoms with Gasteiger partial charge in [0.2, 0.25) is 0 Å². The second kappa shape index (κ2) is 6.71. The summed E-state index contributed by atoms with van der Waals surface area (Å²) in [5.41, 5.74) is 4.08. The van der Waals surface area contributed by atoms with Gasteiger partial charge in [0, 0.05) is 23.2 Å². The number of aromatic hydroxyl groups is 1. The van der Waals surface area contributed by atoms with Gasteiger partial charge >= 0.3 is 0 Å². The number of hydrogen-bond donors (Lipinski definition) is 1. The van der Waals surface area contributed by atoms with Crippen molar-refractivity contribution in [3.8, 4) is 34.1 Å². The molecule has 6 nitrogen and oxygen atoms in total. The number of ether oxygens (including phenoxy) is 3.